The zero-order valence-electron chi connectivity index (χ0n) is 18.1. The number of aromatic nitrogens is 3. The first-order valence-electron chi connectivity index (χ1n) is 10.5. The summed E-state index contributed by atoms with van der Waals surface area (Å²) < 4.78 is 4.81. The van der Waals surface area contributed by atoms with Crippen LogP contribution in [0, 0.1) is 6.92 Å². The highest BCUT2D eigenvalue weighted by Crippen LogP contribution is 2.35. The molecule has 3 aromatic heterocycles. The van der Waals surface area contributed by atoms with E-state index in [0.29, 0.717) is 11.8 Å². The summed E-state index contributed by atoms with van der Waals surface area (Å²) in [5.41, 5.74) is 10.1. The summed E-state index contributed by atoms with van der Waals surface area (Å²) in [6.45, 7) is 11.3. The average Bonchev–Trinajstić information content (AvgIpc) is 3.00. The number of hydrogen-bond donors (Lipinski definition) is 0. The van der Waals surface area contributed by atoms with Gasteiger partial charge in [0.15, 0.2) is 11.0 Å². The summed E-state index contributed by atoms with van der Waals surface area (Å²) in [4.78, 5) is 4.86. The van der Waals surface area contributed by atoms with Gasteiger partial charge in [-0.2, -0.15) is 4.40 Å². The minimum atomic E-state index is 0.451. The van der Waals surface area contributed by atoms with Crippen molar-refractivity contribution in [3.8, 4) is 0 Å². The minimum absolute atomic E-state index is 0.451. The molecule has 0 unspecified atom stereocenters. The van der Waals surface area contributed by atoms with Crippen molar-refractivity contribution in [1.29, 1.82) is 0 Å². The maximum atomic E-state index is 4.86. The maximum absolute atomic E-state index is 4.86. The van der Waals surface area contributed by atoms with Crippen molar-refractivity contribution >= 4 is 38.5 Å². The molecular formula is C26H28N3+. The lowest BCUT2D eigenvalue weighted by Crippen LogP contribution is -2.27. The Hall–Kier alpha value is -2.94. The summed E-state index contributed by atoms with van der Waals surface area (Å²) >= 11 is 0. The van der Waals surface area contributed by atoms with Gasteiger partial charge in [-0.05, 0) is 54.2 Å². The molecule has 0 saturated carbocycles. The van der Waals surface area contributed by atoms with Gasteiger partial charge in [-0.25, -0.2) is 4.57 Å². The van der Waals surface area contributed by atoms with Crippen LogP contribution >= 0.6 is 0 Å². The molecule has 0 spiro atoms. The van der Waals surface area contributed by atoms with Crippen molar-refractivity contribution in [1.82, 2.24) is 9.38 Å². The van der Waals surface area contributed by atoms with Gasteiger partial charge in [0, 0.05) is 17.1 Å². The number of pyridine rings is 2. The smallest absolute Gasteiger partial charge is 0.255 e. The second-order valence-corrected chi connectivity index (χ2v) is 8.87. The number of fused-ring (bicyclic) bond motifs is 8. The molecule has 29 heavy (non-hydrogen) atoms. The number of nitrogens with zero attached hydrogens (tertiary/aromatic N) is 3. The van der Waals surface area contributed by atoms with Crippen molar-refractivity contribution in [3.05, 3.63) is 65.4 Å². The fourth-order valence-corrected chi connectivity index (χ4v) is 4.76. The molecular weight excluding hydrogens is 354 g/mol. The molecule has 0 aliphatic carbocycles. The topological polar surface area (TPSA) is 21.2 Å². The molecule has 5 rings (SSSR count). The molecule has 0 aliphatic heterocycles. The number of aryl methyl sites for hydroxylation is 2. The molecule has 0 bridgehead atoms. The summed E-state index contributed by atoms with van der Waals surface area (Å²) in [7, 11) is 2.18. The van der Waals surface area contributed by atoms with Gasteiger partial charge < -0.3 is 0 Å². The van der Waals surface area contributed by atoms with E-state index >= 15 is 0 Å². The van der Waals surface area contributed by atoms with Gasteiger partial charge in [-0.15, -0.1) is 0 Å². The van der Waals surface area contributed by atoms with E-state index in [-0.39, 0.29) is 0 Å². The second kappa shape index (κ2) is 6.28. The third-order valence-electron chi connectivity index (χ3n) is 6.35. The highest BCUT2D eigenvalue weighted by Gasteiger charge is 2.27. The Morgan fingerprint density at radius 3 is 2.48 bits per heavy atom. The average molecular weight is 383 g/mol. The van der Waals surface area contributed by atoms with E-state index in [1.54, 1.807) is 0 Å². The van der Waals surface area contributed by atoms with Crippen molar-refractivity contribution in [2.45, 2.75) is 46.5 Å². The normalized spacial score (nSPS) is 12.4. The van der Waals surface area contributed by atoms with Crippen LogP contribution in [0.2, 0.25) is 0 Å². The molecule has 0 atom stereocenters. The Morgan fingerprint density at radius 1 is 0.966 bits per heavy atom. The van der Waals surface area contributed by atoms with Gasteiger partial charge >= 0.3 is 0 Å². The van der Waals surface area contributed by atoms with Crippen LogP contribution < -0.4 is 4.57 Å². The lowest BCUT2D eigenvalue weighted by molar-refractivity contribution is -0.617. The zero-order chi connectivity index (χ0) is 20.4. The minimum Gasteiger partial charge on any atom is -0.255 e. The quantitative estimate of drug-likeness (QED) is 0.264. The highest BCUT2D eigenvalue weighted by atomic mass is 15.1. The first-order valence-corrected chi connectivity index (χ1v) is 10.5. The Morgan fingerprint density at radius 2 is 1.76 bits per heavy atom. The fraction of sp³-hybridized carbons (Fsp3) is 0.308. The van der Waals surface area contributed by atoms with Crippen LogP contribution in [0.4, 0.5) is 0 Å². The lowest BCUT2D eigenvalue weighted by atomic mass is 9.98. The first-order chi connectivity index (χ1) is 13.9. The number of imidazole rings is 1. The van der Waals surface area contributed by atoms with Crippen LogP contribution in [0.15, 0.2) is 48.7 Å². The van der Waals surface area contributed by atoms with Crippen molar-refractivity contribution in [2.75, 3.05) is 0 Å². The molecule has 0 radical (unpaired) electrons. The van der Waals surface area contributed by atoms with E-state index in [4.69, 9.17) is 4.98 Å². The van der Waals surface area contributed by atoms with E-state index < -0.39 is 0 Å². The molecule has 0 aliphatic rings. The second-order valence-electron chi connectivity index (χ2n) is 8.87. The SMILES string of the molecule is Cc1ccnc2c3cc(C(C)C)ccc3n3c4c(C(C)C)cccc4[n+](C)c3c12. The standard InChI is InChI=1S/C26H28N3/c1-15(2)18-10-11-21-20(14-18)24-23(17(5)12-13-27-24)26-28(6)22-9-7-8-19(16(3)4)25(22)29(21)26/h7-16H,1-6H3/q+1. The molecule has 0 N–H and O–H groups in total. The largest absolute Gasteiger partial charge is 0.297 e. The summed E-state index contributed by atoms with van der Waals surface area (Å²) in [5.74, 6) is 0.936. The van der Waals surface area contributed by atoms with E-state index in [1.807, 2.05) is 6.20 Å². The van der Waals surface area contributed by atoms with E-state index in [0.717, 1.165) is 5.52 Å². The predicted octanol–water partition coefficient (Wildman–Crippen LogP) is 6.17. The van der Waals surface area contributed by atoms with E-state index in [1.165, 1.54) is 49.7 Å². The Labute approximate surface area is 171 Å². The molecule has 3 heterocycles. The van der Waals surface area contributed by atoms with Gasteiger partial charge in [-0.1, -0.05) is 45.9 Å². The predicted molar refractivity (Wildman–Crippen MR) is 122 cm³/mol. The van der Waals surface area contributed by atoms with Crippen LogP contribution in [0.5, 0.6) is 0 Å². The van der Waals surface area contributed by atoms with Gasteiger partial charge in [0.1, 0.15) is 5.52 Å². The van der Waals surface area contributed by atoms with Crippen LogP contribution in [0.25, 0.3) is 38.5 Å². The molecule has 146 valence electrons. The molecule has 3 nitrogen and oxygen atoms in total. The molecule has 5 aromatic rings. The summed E-state index contributed by atoms with van der Waals surface area (Å²) in [5, 5.41) is 2.48. The Bertz CT molecular complexity index is 1420. The van der Waals surface area contributed by atoms with Crippen molar-refractivity contribution in [3.63, 3.8) is 0 Å². The lowest BCUT2D eigenvalue weighted by Gasteiger charge is -2.11. The molecule has 0 amide bonds. The number of rotatable bonds is 2. The number of benzene rings is 2. The van der Waals surface area contributed by atoms with Crippen LogP contribution in [-0.2, 0) is 7.05 Å². The summed E-state index contributed by atoms with van der Waals surface area (Å²) in [6, 6.07) is 15.7. The fourth-order valence-electron chi connectivity index (χ4n) is 4.76. The van der Waals surface area contributed by atoms with Gasteiger partial charge in [0.25, 0.3) is 5.65 Å². The van der Waals surface area contributed by atoms with Gasteiger partial charge in [0.2, 0.25) is 0 Å². The third kappa shape index (κ3) is 2.43. The van der Waals surface area contributed by atoms with Crippen LogP contribution in [0.3, 0.4) is 0 Å². The molecule has 2 aromatic carbocycles. The maximum Gasteiger partial charge on any atom is 0.297 e. The van der Waals surface area contributed by atoms with Gasteiger partial charge in [0.05, 0.1) is 18.0 Å². The van der Waals surface area contributed by atoms with Gasteiger partial charge in [-0.3, -0.25) is 4.98 Å². The number of para-hydroxylation sites is 1. The van der Waals surface area contributed by atoms with Crippen molar-refractivity contribution in [2.24, 2.45) is 7.05 Å². The third-order valence-corrected chi connectivity index (χ3v) is 6.35. The molecule has 0 fully saturated rings. The highest BCUT2D eigenvalue weighted by molar-refractivity contribution is 6.12. The summed E-state index contributed by atoms with van der Waals surface area (Å²) in [6.07, 6.45) is 1.94. The molecule has 0 saturated heterocycles. The molecule has 3 heteroatoms. The van der Waals surface area contributed by atoms with Crippen LogP contribution in [-0.4, -0.2) is 9.38 Å². The van der Waals surface area contributed by atoms with E-state index in [2.05, 4.69) is 93.1 Å². The van der Waals surface area contributed by atoms with Crippen LogP contribution in [0.1, 0.15) is 56.2 Å². The zero-order valence-corrected chi connectivity index (χ0v) is 18.1. The number of hydrogen-bond acceptors (Lipinski definition) is 1. The Balaban J connectivity index is 2.18. The van der Waals surface area contributed by atoms with E-state index in [9.17, 15) is 0 Å². The monoisotopic (exact) mass is 382 g/mol. The Kier molecular flexibility index (Phi) is 3.92. The first kappa shape index (κ1) is 18.1. The van der Waals surface area contributed by atoms with Crippen molar-refractivity contribution < 1.29 is 4.57 Å².